The first-order valence-electron chi connectivity index (χ1n) is 9.26. The number of ketones is 1. The molecule has 0 N–H and O–H groups in total. The molecule has 0 radical (unpaired) electrons. The maximum atomic E-state index is 13.0. The second-order valence-electron chi connectivity index (χ2n) is 6.74. The zero-order valence-corrected chi connectivity index (χ0v) is 17.8. The number of aromatic nitrogens is 3. The van der Waals surface area contributed by atoms with E-state index in [-0.39, 0.29) is 24.5 Å². The molecule has 0 bridgehead atoms. The normalized spacial score (nSPS) is 11.0. The third-order valence-corrected chi connectivity index (χ3v) is 6.06. The molecule has 0 aliphatic carbocycles. The molecule has 3 heterocycles. The number of thiophene rings is 1. The fourth-order valence-corrected chi connectivity index (χ4v) is 4.43. The van der Waals surface area contributed by atoms with Crippen molar-refractivity contribution in [1.29, 1.82) is 0 Å². The highest BCUT2D eigenvalue weighted by molar-refractivity contribution is 7.20. The molecule has 3 aromatic heterocycles. The molecule has 0 aliphatic rings. The Balaban J connectivity index is 1.98. The molecule has 0 atom stereocenters. The maximum Gasteiger partial charge on any atom is 0.348 e. The predicted octanol–water partition coefficient (Wildman–Crippen LogP) is 3.43. The number of rotatable bonds is 7. The standard InChI is InChI=1S/C21H23N3O4S/c1-6-8-24-12(3)9-15(14(24)5)16(25)10-23-11-22-19-17(20(23)26)13(4)18(29-19)21(27)28-7-2/h6,9,11H,1,7-8,10H2,2-5H3. The molecule has 0 aromatic carbocycles. The first-order chi connectivity index (χ1) is 13.8. The van der Waals surface area contributed by atoms with E-state index in [0.29, 0.717) is 32.8 Å². The van der Waals surface area contributed by atoms with E-state index in [9.17, 15) is 14.4 Å². The highest BCUT2D eigenvalue weighted by Gasteiger charge is 2.22. The minimum atomic E-state index is -0.468. The summed E-state index contributed by atoms with van der Waals surface area (Å²) >= 11 is 1.13. The lowest BCUT2D eigenvalue weighted by atomic mass is 10.1. The first kappa shape index (κ1) is 20.7. The van der Waals surface area contributed by atoms with Crippen LogP contribution in [0.15, 0.2) is 29.8 Å². The van der Waals surface area contributed by atoms with Gasteiger partial charge in [-0.1, -0.05) is 6.08 Å². The Morgan fingerprint density at radius 2 is 2.03 bits per heavy atom. The van der Waals surface area contributed by atoms with Crippen LogP contribution in [-0.2, 0) is 17.8 Å². The summed E-state index contributed by atoms with van der Waals surface area (Å²) in [4.78, 5) is 43.1. The third-order valence-electron chi connectivity index (χ3n) is 4.88. The molecule has 0 amide bonds. The largest absolute Gasteiger partial charge is 0.462 e. The quantitative estimate of drug-likeness (QED) is 0.337. The fraction of sp³-hybridized carbons (Fsp3) is 0.333. The summed E-state index contributed by atoms with van der Waals surface area (Å²) in [6.07, 6.45) is 3.13. The number of esters is 1. The molecule has 152 valence electrons. The van der Waals surface area contributed by atoms with Crippen LogP contribution in [0.3, 0.4) is 0 Å². The van der Waals surface area contributed by atoms with E-state index in [1.165, 1.54) is 10.9 Å². The SMILES string of the molecule is C=CCn1c(C)cc(C(=O)Cn2cnc3sc(C(=O)OCC)c(C)c3c2=O)c1C. The molecule has 0 saturated carbocycles. The van der Waals surface area contributed by atoms with Gasteiger partial charge in [0.15, 0.2) is 5.78 Å². The zero-order chi connectivity index (χ0) is 21.3. The summed E-state index contributed by atoms with van der Waals surface area (Å²) in [5.41, 5.74) is 2.57. The average Bonchev–Trinajstić information content (AvgIpc) is 3.16. The van der Waals surface area contributed by atoms with Gasteiger partial charge in [0.2, 0.25) is 0 Å². The summed E-state index contributed by atoms with van der Waals surface area (Å²) in [5, 5.41) is 0.352. The number of hydrogen-bond donors (Lipinski definition) is 0. The van der Waals surface area contributed by atoms with Gasteiger partial charge in [-0.05, 0) is 39.3 Å². The number of carbonyl (C=O) groups excluding carboxylic acids is 2. The molecule has 29 heavy (non-hydrogen) atoms. The van der Waals surface area contributed by atoms with Crippen LogP contribution in [0.2, 0.25) is 0 Å². The highest BCUT2D eigenvalue weighted by Crippen LogP contribution is 2.27. The minimum Gasteiger partial charge on any atom is -0.462 e. The van der Waals surface area contributed by atoms with Crippen molar-refractivity contribution in [2.75, 3.05) is 6.61 Å². The minimum absolute atomic E-state index is 0.121. The van der Waals surface area contributed by atoms with E-state index < -0.39 is 5.97 Å². The topological polar surface area (TPSA) is 83.2 Å². The molecular formula is C21H23N3O4S. The van der Waals surface area contributed by atoms with Gasteiger partial charge in [0.05, 0.1) is 24.9 Å². The molecule has 0 aliphatic heterocycles. The third kappa shape index (κ3) is 3.67. The number of ether oxygens (including phenoxy) is 1. The van der Waals surface area contributed by atoms with Crippen molar-refractivity contribution in [1.82, 2.24) is 14.1 Å². The van der Waals surface area contributed by atoms with Crippen molar-refractivity contribution in [2.24, 2.45) is 0 Å². The number of nitrogens with zero attached hydrogens (tertiary/aromatic N) is 3. The molecule has 3 rings (SSSR count). The van der Waals surface area contributed by atoms with E-state index in [2.05, 4.69) is 11.6 Å². The number of fused-ring (bicyclic) bond motifs is 1. The average molecular weight is 413 g/mol. The van der Waals surface area contributed by atoms with Crippen LogP contribution in [0.25, 0.3) is 10.2 Å². The fourth-order valence-electron chi connectivity index (χ4n) is 3.40. The number of hydrogen-bond acceptors (Lipinski definition) is 6. The molecule has 0 fully saturated rings. The Kier molecular flexibility index (Phi) is 5.83. The lowest BCUT2D eigenvalue weighted by Crippen LogP contribution is -2.25. The lowest BCUT2D eigenvalue weighted by Gasteiger charge is -2.07. The Hall–Kier alpha value is -3.00. The van der Waals surface area contributed by atoms with Gasteiger partial charge >= 0.3 is 5.97 Å². The Morgan fingerprint density at radius 1 is 1.31 bits per heavy atom. The molecule has 7 nitrogen and oxygen atoms in total. The lowest BCUT2D eigenvalue weighted by molar-refractivity contribution is 0.0531. The second-order valence-corrected chi connectivity index (χ2v) is 7.74. The van der Waals surface area contributed by atoms with Gasteiger partial charge in [-0.15, -0.1) is 17.9 Å². The molecule has 0 unspecified atom stereocenters. The second kappa shape index (κ2) is 8.16. The summed E-state index contributed by atoms with van der Waals surface area (Å²) in [5.74, 6) is -0.639. The summed E-state index contributed by atoms with van der Waals surface area (Å²) in [6, 6.07) is 1.83. The van der Waals surface area contributed by atoms with Crippen LogP contribution < -0.4 is 5.56 Å². The predicted molar refractivity (Wildman–Crippen MR) is 113 cm³/mol. The van der Waals surface area contributed by atoms with E-state index in [0.717, 1.165) is 22.7 Å². The first-order valence-corrected chi connectivity index (χ1v) is 10.1. The van der Waals surface area contributed by atoms with Crippen molar-refractivity contribution in [3.63, 3.8) is 0 Å². The van der Waals surface area contributed by atoms with Crippen molar-refractivity contribution in [2.45, 2.75) is 40.8 Å². The van der Waals surface area contributed by atoms with Crippen LogP contribution in [-0.4, -0.2) is 32.5 Å². The smallest absolute Gasteiger partial charge is 0.348 e. The van der Waals surface area contributed by atoms with Crippen molar-refractivity contribution < 1.29 is 14.3 Å². The molecule has 3 aromatic rings. The van der Waals surface area contributed by atoms with Crippen molar-refractivity contribution in [3.8, 4) is 0 Å². The summed E-state index contributed by atoms with van der Waals surface area (Å²) < 4.78 is 8.34. The van der Waals surface area contributed by atoms with Gasteiger partial charge in [-0.25, -0.2) is 9.78 Å². The monoisotopic (exact) mass is 413 g/mol. The highest BCUT2D eigenvalue weighted by atomic mass is 32.1. The molecule has 0 saturated heterocycles. The number of Topliss-reactive ketones (excluding diaryl/α,β-unsaturated/α-hetero) is 1. The van der Waals surface area contributed by atoms with Crippen LogP contribution in [0.5, 0.6) is 0 Å². The van der Waals surface area contributed by atoms with Gasteiger partial charge in [0.1, 0.15) is 9.71 Å². The van der Waals surface area contributed by atoms with Crippen LogP contribution in [0.1, 0.15) is 43.9 Å². The number of aryl methyl sites for hydroxylation is 2. The van der Waals surface area contributed by atoms with Crippen molar-refractivity contribution >= 4 is 33.3 Å². The Labute approximate surface area is 172 Å². The maximum absolute atomic E-state index is 13.0. The van der Waals surface area contributed by atoms with Crippen LogP contribution >= 0.6 is 11.3 Å². The van der Waals surface area contributed by atoms with Crippen LogP contribution in [0.4, 0.5) is 0 Å². The summed E-state index contributed by atoms with van der Waals surface area (Å²) in [6.45, 7) is 11.7. The van der Waals surface area contributed by atoms with E-state index in [1.54, 1.807) is 19.9 Å². The number of allylic oxidation sites excluding steroid dienone is 1. The van der Waals surface area contributed by atoms with Gasteiger partial charge in [0, 0.05) is 23.5 Å². The van der Waals surface area contributed by atoms with Gasteiger partial charge in [0.25, 0.3) is 5.56 Å². The Morgan fingerprint density at radius 3 is 2.69 bits per heavy atom. The van der Waals surface area contributed by atoms with Gasteiger partial charge in [-0.2, -0.15) is 0 Å². The van der Waals surface area contributed by atoms with Crippen LogP contribution in [0, 0.1) is 20.8 Å². The van der Waals surface area contributed by atoms with Gasteiger partial charge in [-0.3, -0.25) is 14.2 Å². The van der Waals surface area contributed by atoms with E-state index in [4.69, 9.17) is 4.74 Å². The molecule has 8 heteroatoms. The van der Waals surface area contributed by atoms with Gasteiger partial charge < -0.3 is 9.30 Å². The number of carbonyl (C=O) groups is 2. The summed E-state index contributed by atoms with van der Waals surface area (Å²) in [7, 11) is 0. The van der Waals surface area contributed by atoms with E-state index >= 15 is 0 Å². The Bertz CT molecular complexity index is 1180. The van der Waals surface area contributed by atoms with E-state index in [1.807, 2.05) is 24.5 Å². The molecular weight excluding hydrogens is 390 g/mol. The van der Waals surface area contributed by atoms with Crippen molar-refractivity contribution in [3.05, 3.63) is 62.8 Å². The molecule has 0 spiro atoms. The zero-order valence-electron chi connectivity index (χ0n) is 16.9.